The summed E-state index contributed by atoms with van der Waals surface area (Å²) in [4.78, 5) is 8.00. The van der Waals surface area contributed by atoms with E-state index in [0.29, 0.717) is 22.4 Å². The van der Waals surface area contributed by atoms with E-state index >= 15 is 0 Å². The van der Waals surface area contributed by atoms with Crippen LogP contribution in [0, 0.1) is 5.82 Å². The zero-order valence-corrected chi connectivity index (χ0v) is 9.28. The molecular weight excluding hydrogens is 243 g/mol. The van der Waals surface area contributed by atoms with Crippen molar-refractivity contribution in [2.45, 2.75) is 0 Å². The molecule has 84 valence electrons. The molecule has 0 radical (unpaired) electrons. The lowest BCUT2D eigenvalue weighted by Crippen LogP contribution is -1.84. The highest BCUT2D eigenvalue weighted by atomic mass is 35.5. The molecular formula is C12H6ClFN2O. The average molecular weight is 249 g/mol. The van der Waals surface area contributed by atoms with Crippen molar-refractivity contribution in [3.05, 3.63) is 47.6 Å². The maximum absolute atomic E-state index is 13.0. The SMILES string of the molecule is Fc1ccc2oc(-c3nccnc3Cl)cc2c1. The predicted octanol–water partition coefficient (Wildman–Crippen LogP) is 3.68. The summed E-state index contributed by atoms with van der Waals surface area (Å²) in [6.45, 7) is 0. The summed E-state index contributed by atoms with van der Waals surface area (Å²) in [5.74, 6) is 0.166. The molecule has 0 aliphatic carbocycles. The lowest BCUT2D eigenvalue weighted by atomic mass is 10.2. The summed E-state index contributed by atoms with van der Waals surface area (Å²) in [6.07, 6.45) is 3.02. The third kappa shape index (κ3) is 1.76. The van der Waals surface area contributed by atoms with E-state index in [0.717, 1.165) is 0 Å². The molecule has 0 N–H and O–H groups in total. The van der Waals surface area contributed by atoms with Crippen LogP contribution in [0.25, 0.3) is 22.4 Å². The topological polar surface area (TPSA) is 38.9 Å². The van der Waals surface area contributed by atoms with Gasteiger partial charge in [0.15, 0.2) is 10.9 Å². The summed E-state index contributed by atoms with van der Waals surface area (Å²) >= 11 is 5.91. The quantitative estimate of drug-likeness (QED) is 0.659. The zero-order chi connectivity index (χ0) is 11.8. The fraction of sp³-hybridized carbons (Fsp3) is 0. The predicted molar refractivity (Wildman–Crippen MR) is 62.2 cm³/mol. The lowest BCUT2D eigenvalue weighted by molar-refractivity contribution is 0.617. The van der Waals surface area contributed by atoms with Crippen LogP contribution in [0.15, 0.2) is 41.1 Å². The molecule has 0 spiro atoms. The molecule has 0 amide bonds. The van der Waals surface area contributed by atoms with Crippen molar-refractivity contribution < 1.29 is 8.81 Å². The molecule has 5 heteroatoms. The lowest BCUT2D eigenvalue weighted by Gasteiger charge is -1.96. The minimum atomic E-state index is -0.310. The van der Waals surface area contributed by atoms with Crippen LogP contribution in [-0.4, -0.2) is 9.97 Å². The Bertz CT molecular complexity index is 696. The average Bonchev–Trinajstić information content (AvgIpc) is 2.72. The molecule has 3 aromatic rings. The normalized spacial score (nSPS) is 10.9. The van der Waals surface area contributed by atoms with Crippen molar-refractivity contribution in [1.82, 2.24) is 9.97 Å². The minimum Gasteiger partial charge on any atom is -0.454 e. The summed E-state index contributed by atoms with van der Waals surface area (Å²) in [7, 11) is 0. The molecule has 2 aromatic heterocycles. The van der Waals surface area contributed by atoms with E-state index in [2.05, 4.69) is 9.97 Å². The van der Waals surface area contributed by atoms with Gasteiger partial charge in [-0.1, -0.05) is 11.6 Å². The van der Waals surface area contributed by atoms with E-state index in [4.69, 9.17) is 16.0 Å². The summed E-state index contributed by atoms with van der Waals surface area (Å²) in [6, 6.07) is 5.99. The molecule has 0 aliphatic heterocycles. The third-order valence-electron chi connectivity index (χ3n) is 2.37. The molecule has 0 saturated carbocycles. The monoisotopic (exact) mass is 248 g/mol. The highest BCUT2D eigenvalue weighted by Crippen LogP contribution is 2.29. The zero-order valence-electron chi connectivity index (χ0n) is 8.52. The molecule has 0 unspecified atom stereocenters. The Morgan fingerprint density at radius 2 is 1.94 bits per heavy atom. The fourth-order valence-electron chi connectivity index (χ4n) is 1.62. The second-order valence-electron chi connectivity index (χ2n) is 3.49. The maximum Gasteiger partial charge on any atom is 0.158 e. The van der Waals surface area contributed by atoms with Gasteiger partial charge in [-0.05, 0) is 24.3 Å². The first-order valence-electron chi connectivity index (χ1n) is 4.90. The molecule has 1 aromatic carbocycles. The second-order valence-corrected chi connectivity index (χ2v) is 3.85. The van der Waals surface area contributed by atoms with E-state index in [-0.39, 0.29) is 11.0 Å². The van der Waals surface area contributed by atoms with E-state index in [1.165, 1.54) is 24.5 Å². The number of nitrogens with zero attached hydrogens (tertiary/aromatic N) is 2. The largest absolute Gasteiger partial charge is 0.454 e. The van der Waals surface area contributed by atoms with E-state index in [1.807, 2.05) is 0 Å². The molecule has 17 heavy (non-hydrogen) atoms. The molecule has 3 nitrogen and oxygen atoms in total. The van der Waals surface area contributed by atoms with Gasteiger partial charge < -0.3 is 4.42 Å². The first-order valence-corrected chi connectivity index (χ1v) is 5.28. The van der Waals surface area contributed by atoms with Crippen LogP contribution in [0.1, 0.15) is 0 Å². The van der Waals surface area contributed by atoms with Gasteiger partial charge in [0.05, 0.1) is 0 Å². The third-order valence-corrected chi connectivity index (χ3v) is 2.64. The summed E-state index contributed by atoms with van der Waals surface area (Å²) < 4.78 is 18.6. The standard InChI is InChI=1S/C12H6ClFN2O/c13-12-11(15-3-4-16-12)10-6-7-5-8(14)1-2-9(7)17-10/h1-6H. The maximum atomic E-state index is 13.0. The number of fused-ring (bicyclic) bond motifs is 1. The molecule has 0 fully saturated rings. The van der Waals surface area contributed by atoms with Crippen molar-refractivity contribution in [3.8, 4) is 11.5 Å². The highest BCUT2D eigenvalue weighted by Gasteiger charge is 2.11. The second kappa shape index (κ2) is 3.82. The van der Waals surface area contributed by atoms with Gasteiger partial charge in [-0.15, -0.1) is 0 Å². The molecule has 0 atom stereocenters. The number of aromatic nitrogens is 2. The molecule has 0 bridgehead atoms. The van der Waals surface area contributed by atoms with Crippen molar-refractivity contribution in [2.24, 2.45) is 0 Å². The van der Waals surface area contributed by atoms with Crippen molar-refractivity contribution in [1.29, 1.82) is 0 Å². The Kier molecular flexibility index (Phi) is 2.30. The molecule has 3 rings (SSSR count). The van der Waals surface area contributed by atoms with Gasteiger partial charge in [0.25, 0.3) is 0 Å². The Morgan fingerprint density at radius 1 is 1.12 bits per heavy atom. The highest BCUT2D eigenvalue weighted by molar-refractivity contribution is 6.31. The van der Waals surface area contributed by atoms with E-state index in [9.17, 15) is 4.39 Å². The van der Waals surface area contributed by atoms with Gasteiger partial charge in [-0.2, -0.15) is 0 Å². The number of halogens is 2. The fourth-order valence-corrected chi connectivity index (χ4v) is 1.82. The number of benzene rings is 1. The van der Waals surface area contributed by atoms with Crippen molar-refractivity contribution >= 4 is 22.6 Å². The van der Waals surface area contributed by atoms with Gasteiger partial charge in [0.1, 0.15) is 17.1 Å². The van der Waals surface area contributed by atoms with Crippen LogP contribution in [0.3, 0.4) is 0 Å². The Hall–Kier alpha value is -1.94. The minimum absolute atomic E-state index is 0.257. The molecule has 0 aliphatic rings. The van der Waals surface area contributed by atoms with Crippen molar-refractivity contribution in [3.63, 3.8) is 0 Å². The van der Waals surface area contributed by atoms with Crippen LogP contribution < -0.4 is 0 Å². The van der Waals surface area contributed by atoms with E-state index in [1.54, 1.807) is 12.1 Å². The molecule has 2 heterocycles. The van der Waals surface area contributed by atoms with Gasteiger partial charge in [-0.25, -0.2) is 14.4 Å². The van der Waals surface area contributed by atoms with Crippen LogP contribution in [-0.2, 0) is 0 Å². The van der Waals surface area contributed by atoms with Gasteiger partial charge >= 0.3 is 0 Å². The summed E-state index contributed by atoms with van der Waals surface area (Å²) in [5.41, 5.74) is 1.04. The smallest absolute Gasteiger partial charge is 0.158 e. The number of hydrogen-bond acceptors (Lipinski definition) is 3. The van der Waals surface area contributed by atoms with E-state index < -0.39 is 0 Å². The Balaban J connectivity index is 2.22. The van der Waals surface area contributed by atoms with Crippen LogP contribution >= 0.6 is 11.6 Å². The van der Waals surface area contributed by atoms with Gasteiger partial charge in [0.2, 0.25) is 0 Å². The molecule has 0 saturated heterocycles. The number of hydrogen-bond donors (Lipinski definition) is 0. The van der Waals surface area contributed by atoms with Crippen LogP contribution in [0.5, 0.6) is 0 Å². The van der Waals surface area contributed by atoms with Crippen LogP contribution in [0.2, 0.25) is 5.15 Å². The van der Waals surface area contributed by atoms with Gasteiger partial charge in [-0.3, -0.25) is 0 Å². The van der Waals surface area contributed by atoms with Crippen LogP contribution in [0.4, 0.5) is 4.39 Å². The Labute approximate surface area is 101 Å². The number of rotatable bonds is 1. The first kappa shape index (κ1) is 10.2. The van der Waals surface area contributed by atoms with Gasteiger partial charge in [0, 0.05) is 17.8 Å². The first-order chi connectivity index (χ1) is 8.24. The van der Waals surface area contributed by atoms with Crippen molar-refractivity contribution in [2.75, 3.05) is 0 Å². The summed E-state index contributed by atoms with van der Waals surface area (Å²) in [5, 5.41) is 0.925. The Morgan fingerprint density at radius 3 is 2.76 bits per heavy atom. The number of furan rings is 1.